The number of likely N-dealkylation sites (tertiary alicyclic amines) is 1. The summed E-state index contributed by atoms with van der Waals surface area (Å²) in [6, 6.07) is -0.669. The van der Waals surface area contributed by atoms with Crippen molar-refractivity contribution in [1.29, 1.82) is 0 Å². The number of thioether (sulfide) groups is 1. The van der Waals surface area contributed by atoms with Gasteiger partial charge in [0.15, 0.2) is 0 Å². The van der Waals surface area contributed by atoms with Gasteiger partial charge < -0.3 is 19.6 Å². The molecule has 2 unspecified atom stereocenters. The van der Waals surface area contributed by atoms with Crippen molar-refractivity contribution in [3.63, 3.8) is 0 Å². The summed E-state index contributed by atoms with van der Waals surface area (Å²) in [6.45, 7) is 10.7. The van der Waals surface area contributed by atoms with Gasteiger partial charge >= 0.3 is 5.97 Å². The number of carbonyl (C=O) groups excluding carboxylic acids is 3. The molecule has 3 saturated heterocycles. The second-order valence-electron chi connectivity index (χ2n) is 8.84. The highest BCUT2D eigenvalue weighted by molar-refractivity contribution is 8.02. The molecule has 3 aliphatic rings. The summed E-state index contributed by atoms with van der Waals surface area (Å²) in [5.74, 6) is -1.75. The molecule has 8 heteroatoms. The first-order valence-corrected chi connectivity index (χ1v) is 12.6. The van der Waals surface area contributed by atoms with Gasteiger partial charge in [-0.15, -0.1) is 24.9 Å². The number of hydrogen-bond acceptors (Lipinski definition) is 6. The second kappa shape index (κ2) is 10.9. The predicted octanol–water partition coefficient (Wildman–Crippen LogP) is 2.39. The highest BCUT2D eigenvalue weighted by Gasteiger charge is 2.74. The maximum Gasteiger partial charge on any atom is 0.310 e. The average Bonchev–Trinajstić information content (AvgIpc) is 3.42. The summed E-state index contributed by atoms with van der Waals surface area (Å²) in [5, 5.41) is 9.65. The normalized spacial score (nSPS) is 30.3. The van der Waals surface area contributed by atoms with Crippen LogP contribution in [0.25, 0.3) is 0 Å². The minimum absolute atomic E-state index is 0.00840. The minimum atomic E-state index is -0.669. The molecule has 0 radical (unpaired) electrons. The van der Waals surface area contributed by atoms with Crippen LogP contribution in [0.5, 0.6) is 0 Å². The van der Waals surface area contributed by atoms with Crippen molar-refractivity contribution >= 4 is 29.5 Å². The van der Waals surface area contributed by atoms with Crippen LogP contribution >= 0.6 is 11.8 Å². The molecule has 0 aliphatic carbocycles. The zero-order valence-corrected chi connectivity index (χ0v) is 19.9. The van der Waals surface area contributed by atoms with Gasteiger partial charge in [-0.05, 0) is 32.1 Å². The van der Waals surface area contributed by atoms with E-state index in [0.29, 0.717) is 32.5 Å². The number of rotatable bonds is 13. The Balaban J connectivity index is 1.88. The smallest absolute Gasteiger partial charge is 0.310 e. The van der Waals surface area contributed by atoms with E-state index in [2.05, 4.69) is 20.1 Å². The van der Waals surface area contributed by atoms with Gasteiger partial charge in [-0.3, -0.25) is 14.4 Å². The van der Waals surface area contributed by atoms with E-state index in [-0.39, 0.29) is 36.2 Å². The van der Waals surface area contributed by atoms with Crippen LogP contribution in [0.15, 0.2) is 25.3 Å². The van der Waals surface area contributed by atoms with Gasteiger partial charge in [-0.2, -0.15) is 0 Å². The van der Waals surface area contributed by atoms with Crippen molar-refractivity contribution < 1.29 is 24.2 Å². The van der Waals surface area contributed by atoms with Gasteiger partial charge in [-0.25, -0.2) is 0 Å². The lowest BCUT2D eigenvalue weighted by Crippen LogP contribution is -2.55. The molecule has 1 spiro atoms. The van der Waals surface area contributed by atoms with Crippen LogP contribution in [0.3, 0.4) is 0 Å². The molecule has 3 heterocycles. The minimum Gasteiger partial charge on any atom is -0.465 e. The summed E-state index contributed by atoms with van der Waals surface area (Å²) in [7, 11) is 0. The highest BCUT2D eigenvalue weighted by atomic mass is 32.2. The van der Waals surface area contributed by atoms with Crippen LogP contribution in [-0.4, -0.2) is 81.6 Å². The van der Waals surface area contributed by atoms with Gasteiger partial charge in [0.2, 0.25) is 11.8 Å². The number of fused-ring (bicyclic) bond motifs is 1. The Labute approximate surface area is 195 Å². The van der Waals surface area contributed by atoms with E-state index in [4.69, 9.17) is 4.74 Å². The molecule has 0 aromatic carbocycles. The van der Waals surface area contributed by atoms with E-state index in [1.54, 1.807) is 28.8 Å². The largest absolute Gasteiger partial charge is 0.465 e. The first-order chi connectivity index (χ1) is 15.5. The molecule has 7 nitrogen and oxygen atoms in total. The van der Waals surface area contributed by atoms with Crippen molar-refractivity contribution in [1.82, 2.24) is 9.80 Å². The first kappa shape index (κ1) is 24.8. The number of aliphatic hydroxyl groups excluding tert-OH is 1. The number of amides is 2. The van der Waals surface area contributed by atoms with E-state index < -0.39 is 22.6 Å². The molecule has 1 N–H and O–H groups in total. The Hall–Kier alpha value is -1.80. The number of hydrogen-bond donors (Lipinski definition) is 1. The van der Waals surface area contributed by atoms with E-state index in [9.17, 15) is 19.5 Å². The Morgan fingerprint density at radius 3 is 2.78 bits per heavy atom. The van der Waals surface area contributed by atoms with Crippen LogP contribution < -0.4 is 0 Å². The average molecular weight is 465 g/mol. The predicted molar refractivity (Wildman–Crippen MR) is 125 cm³/mol. The van der Waals surface area contributed by atoms with Gasteiger partial charge in [0.1, 0.15) is 6.04 Å². The van der Waals surface area contributed by atoms with Crippen molar-refractivity contribution in [3.8, 4) is 0 Å². The van der Waals surface area contributed by atoms with Gasteiger partial charge in [0.05, 0.1) is 29.8 Å². The summed E-state index contributed by atoms with van der Waals surface area (Å²) in [6.07, 6.45) is 8.28. The maximum absolute atomic E-state index is 13.8. The lowest BCUT2D eigenvalue weighted by Gasteiger charge is -2.37. The number of unbranched alkanes of at least 4 members (excludes halogenated alkanes) is 2. The third-order valence-corrected chi connectivity index (χ3v) is 8.84. The number of ether oxygens (including phenoxy) is 1. The Kier molecular flexibility index (Phi) is 8.44. The molecule has 3 fully saturated rings. The lowest BCUT2D eigenvalue weighted by atomic mass is 9.71. The van der Waals surface area contributed by atoms with Gasteiger partial charge in [0.25, 0.3) is 0 Å². The first-order valence-electron chi connectivity index (χ1n) is 11.7. The molecule has 5 atom stereocenters. The third kappa shape index (κ3) is 4.36. The summed E-state index contributed by atoms with van der Waals surface area (Å²) < 4.78 is 4.90. The number of allylic oxidation sites excluding steroid dienone is 1. The SMILES string of the molecule is C=CCCCOC(=O)[C@@H]1[C@@H]2CCC3(S2)C(C(=O)N(CC=C)CCCC)N(CCO)C(=O)[C@H]13. The number of carbonyl (C=O) groups is 3. The molecule has 3 aliphatic heterocycles. The molecular weight excluding hydrogens is 428 g/mol. The topological polar surface area (TPSA) is 87.2 Å². The molecule has 0 aromatic heterocycles. The summed E-state index contributed by atoms with van der Waals surface area (Å²) in [5.41, 5.74) is 0. The van der Waals surface area contributed by atoms with Crippen molar-refractivity contribution in [2.24, 2.45) is 11.8 Å². The highest BCUT2D eigenvalue weighted by Crippen LogP contribution is 2.66. The standard InChI is InChI=1S/C24H36N2O5S/c1-4-7-9-16-31-23(30)18-17-10-11-24(32-17)19(18)21(28)26(14-15-27)20(24)22(29)25(12-6-3)13-8-5-2/h4,6,17-20,27H,1,3,5,7-16H2,2H3/t17-,18+,19-,20?,24?/m0/s1. The Bertz CT molecular complexity index is 744. The fraction of sp³-hybridized carbons (Fsp3) is 0.708. The number of esters is 1. The fourth-order valence-corrected chi connectivity index (χ4v) is 7.72. The molecule has 3 rings (SSSR count). The van der Waals surface area contributed by atoms with E-state index in [1.165, 1.54) is 4.90 Å². The maximum atomic E-state index is 13.8. The zero-order chi connectivity index (χ0) is 23.3. The fourth-order valence-electron chi connectivity index (χ4n) is 5.51. The number of β-amino-alcohol motifs (C(OH)–C–C–N with tert-alkyl or cyclic N) is 1. The molecule has 32 heavy (non-hydrogen) atoms. The van der Waals surface area contributed by atoms with Gasteiger partial charge in [0, 0.05) is 24.9 Å². The van der Waals surface area contributed by atoms with E-state index in [1.807, 2.05) is 0 Å². The van der Waals surface area contributed by atoms with Crippen LogP contribution in [-0.2, 0) is 19.1 Å². The number of aliphatic hydroxyl groups is 1. The van der Waals surface area contributed by atoms with Crippen molar-refractivity contribution in [2.75, 3.05) is 32.8 Å². The molecule has 2 bridgehead atoms. The van der Waals surface area contributed by atoms with Crippen LogP contribution in [0.1, 0.15) is 45.4 Å². The zero-order valence-electron chi connectivity index (χ0n) is 19.0. The molecule has 178 valence electrons. The second-order valence-corrected chi connectivity index (χ2v) is 10.4. The van der Waals surface area contributed by atoms with E-state index in [0.717, 1.165) is 25.7 Å². The van der Waals surface area contributed by atoms with Crippen molar-refractivity contribution in [3.05, 3.63) is 25.3 Å². The Morgan fingerprint density at radius 2 is 2.12 bits per heavy atom. The Morgan fingerprint density at radius 1 is 1.34 bits per heavy atom. The van der Waals surface area contributed by atoms with E-state index >= 15 is 0 Å². The quantitative estimate of drug-likeness (QED) is 0.256. The molecular formula is C24H36N2O5S. The van der Waals surface area contributed by atoms with Crippen LogP contribution in [0.2, 0.25) is 0 Å². The third-order valence-electron chi connectivity index (χ3n) is 6.89. The molecule has 0 aromatic rings. The van der Waals surface area contributed by atoms with Crippen molar-refractivity contribution in [2.45, 2.75) is 61.5 Å². The monoisotopic (exact) mass is 464 g/mol. The van der Waals surface area contributed by atoms with Crippen LogP contribution in [0.4, 0.5) is 0 Å². The summed E-state index contributed by atoms with van der Waals surface area (Å²) >= 11 is 1.62. The summed E-state index contributed by atoms with van der Waals surface area (Å²) in [4.78, 5) is 43.6. The molecule has 0 saturated carbocycles. The van der Waals surface area contributed by atoms with Crippen LogP contribution in [0, 0.1) is 11.8 Å². The lowest BCUT2D eigenvalue weighted by molar-refractivity contribution is -0.154. The molecule has 2 amide bonds. The number of nitrogens with zero attached hydrogens (tertiary/aromatic N) is 2. The van der Waals surface area contributed by atoms with Gasteiger partial charge in [-0.1, -0.05) is 25.5 Å².